The second-order valence-corrected chi connectivity index (χ2v) is 5.03. The molecule has 0 fully saturated rings. The number of anilines is 1. The minimum Gasteiger partial charge on any atom is -0.495 e. The number of hydrogen-bond donors (Lipinski definition) is 1. The molecule has 0 amide bonds. The minimum absolute atomic E-state index is 0.699. The van der Waals surface area contributed by atoms with E-state index < -0.39 is 0 Å². The Morgan fingerprint density at radius 2 is 2.11 bits per heavy atom. The second-order valence-electron chi connectivity index (χ2n) is 4.24. The van der Waals surface area contributed by atoms with Gasteiger partial charge in [0.05, 0.1) is 35.2 Å². The molecule has 0 unspecified atom stereocenters. The number of ether oxygens (including phenoxy) is 1. The Bertz CT molecular complexity index is 566. The van der Waals surface area contributed by atoms with Crippen LogP contribution in [0.25, 0.3) is 0 Å². The third kappa shape index (κ3) is 2.92. The molecule has 2 aromatic rings. The van der Waals surface area contributed by atoms with Crippen LogP contribution in [-0.4, -0.2) is 16.9 Å². The number of hydrogen-bond acceptors (Lipinski definition) is 3. The smallest absolute Gasteiger partial charge is 0.141 e. The summed E-state index contributed by atoms with van der Waals surface area (Å²) in [5.74, 6) is 0.844. The first-order valence-electron chi connectivity index (χ1n) is 6.24. The number of rotatable bonds is 5. The van der Waals surface area contributed by atoms with E-state index in [-0.39, 0.29) is 0 Å². The van der Waals surface area contributed by atoms with Gasteiger partial charge in [0, 0.05) is 7.05 Å². The van der Waals surface area contributed by atoms with Crippen LogP contribution in [0, 0.1) is 0 Å². The van der Waals surface area contributed by atoms with Crippen molar-refractivity contribution in [2.45, 2.75) is 19.9 Å². The van der Waals surface area contributed by atoms with Crippen molar-refractivity contribution >= 4 is 21.6 Å². The molecule has 0 saturated carbocycles. The van der Waals surface area contributed by atoms with E-state index in [1.54, 1.807) is 7.11 Å². The van der Waals surface area contributed by atoms with Crippen molar-refractivity contribution in [3.8, 4) is 5.75 Å². The fourth-order valence-corrected chi connectivity index (χ4v) is 2.74. The highest BCUT2D eigenvalue weighted by atomic mass is 79.9. The van der Waals surface area contributed by atoms with Crippen molar-refractivity contribution in [1.82, 2.24) is 9.78 Å². The molecule has 0 atom stereocenters. The van der Waals surface area contributed by atoms with Crippen molar-refractivity contribution in [2.75, 3.05) is 12.4 Å². The third-order valence-electron chi connectivity index (χ3n) is 3.06. The monoisotopic (exact) mass is 323 g/mol. The number of para-hydroxylation sites is 2. The lowest BCUT2D eigenvalue weighted by Crippen LogP contribution is -2.06. The van der Waals surface area contributed by atoms with E-state index in [9.17, 15) is 0 Å². The molecule has 0 radical (unpaired) electrons. The number of nitrogens with one attached hydrogen (secondary N) is 1. The SMILES string of the molecule is CCc1nn(C)c(CNc2ccccc2OC)c1Br. The van der Waals surface area contributed by atoms with Crippen molar-refractivity contribution in [3.63, 3.8) is 0 Å². The predicted molar refractivity (Wildman–Crippen MR) is 80.6 cm³/mol. The topological polar surface area (TPSA) is 39.1 Å². The number of benzene rings is 1. The molecule has 102 valence electrons. The summed E-state index contributed by atoms with van der Waals surface area (Å²) in [6.45, 7) is 2.80. The lowest BCUT2D eigenvalue weighted by molar-refractivity contribution is 0.416. The van der Waals surface area contributed by atoms with Crippen molar-refractivity contribution in [1.29, 1.82) is 0 Å². The maximum absolute atomic E-state index is 5.32. The lowest BCUT2D eigenvalue weighted by atomic mass is 10.2. The summed E-state index contributed by atoms with van der Waals surface area (Å²) in [5.41, 5.74) is 3.19. The summed E-state index contributed by atoms with van der Waals surface area (Å²) in [5, 5.41) is 7.87. The van der Waals surface area contributed by atoms with Crippen LogP contribution < -0.4 is 10.1 Å². The van der Waals surface area contributed by atoms with Crippen LogP contribution in [-0.2, 0) is 20.0 Å². The minimum atomic E-state index is 0.699. The highest BCUT2D eigenvalue weighted by Crippen LogP contribution is 2.26. The number of methoxy groups -OCH3 is 1. The van der Waals surface area contributed by atoms with Gasteiger partial charge in [-0.15, -0.1) is 0 Å². The predicted octanol–water partition coefficient (Wildman–Crippen LogP) is 3.37. The fraction of sp³-hybridized carbons (Fsp3) is 0.357. The molecule has 0 aliphatic rings. The molecule has 2 rings (SSSR count). The zero-order valence-electron chi connectivity index (χ0n) is 11.4. The molecule has 0 aliphatic heterocycles. The van der Waals surface area contributed by atoms with E-state index >= 15 is 0 Å². The first-order valence-corrected chi connectivity index (χ1v) is 7.03. The van der Waals surface area contributed by atoms with Gasteiger partial charge in [0.2, 0.25) is 0 Å². The van der Waals surface area contributed by atoms with Crippen LogP contribution in [0.2, 0.25) is 0 Å². The average Bonchev–Trinajstić information content (AvgIpc) is 2.71. The zero-order chi connectivity index (χ0) is 13.8. The molecule has 1 aromatic heterocycles. The van der Waals surface area contributed by atoms with E-state index in [0.29, 0.717) is 6.54 Å². The van der Waals surface area contributed by atoms with Crippen LogP contribution in [0.4, 0.5) is 5.69 Å². The van der Waals surface area contributed by atoms with Gasteiger partial charge in [-0.25, -0.2) is 0 Å². The number of nitrogens with zero attached hydrogens (tertiary/aromatic N) is 2. The van der Waals surface area contributed by atoms with E-state index in [0.717, 1.165) is 33.7 Å². The zero-order valence-corrected chi connectivity index (χ0v) is 13.0. The van der Waals surface area contributed by atoms with Gasteiger partial charge >= 0.3 is 0 Å². The molecule has 0 spiro atoms. The molecule has 5 heteroatoms. The normalized spacial score (nSPS) is 10.5. The van der Waals surface area contributed by atoms with E-state index in [2.05, 4.69) is 33.3 Å². The van der Waals surface area contributed by atoms with Gasteiger partial charge in [0.1, 0.15) is 5.75 Å². The van der Waals surface area contributed by atoms with Gasteiger partial charge in [0.15, 0.2) is 0 Å². The Balaban J connectivity index is 2.17. The van der Waals surface area contributed by atoms with Gasteiger partial charge in [-0.3, -0.25) is 4.68 Å². The number of aromatic nitrogens is 2. The summed E-state index contributed by atoms with van der Waals surface area (Å²) < 4.78 is 8.32. The maximum atomic E-state index is 5.32. The molecule has 19 heavy (non-hydrogen) atoms. The Morgan fingerprint density at radius 3 is 2.74 bits per heavy atom. The highest BCUT2D eigenvalue weighted by Gasteiger charge is 2.12. The molecule has 0 saturated heterocycles. The molecule has 1 N–H and O–H groups in total. The van der Waals surface area contributed by atoms with Crippen molar-refractivity contribution in [2.24, 2.45) is 7.05 Å². The molecule has 0 bridgehead atoms. The summed E-state index contributed by atoms with van der Waals surface area (Å²) in [6.07, 6.45) is 0.920. The summed E-state index contributed by atoms with van der Waals surface area (Å²) in [7, 11) is 3.64. The summed E-state index contributed by atoms with van der Waals surface area (Å²) in [4.78, 5) is 0. The lowest BCUT2D eigenvalue weighted by Gasteiger charge is -2.11. The van der Waals surface area contributed by atoms with Gasteiger partial charge in [-0.05, 0) is 34.5 Å². The summed E-state index contributed by atoms with van der Waals surface area (Å²) in [6, 6.07) is 7.89. The molecule has 1 heterocycles. The van der Waals surface area contributed by atoms with Gasteiger partial charge < -0.3 is 10.1 Å². The Hall–Kier alpha value is -1.49. The Kier molecular flexibility index (Phi) is 4.47. The van der Waals surface area contributed by atoms with Crippen LogP contribution in [0.5, 0.6) is 5.75 Å². The van der Waals surface area contributed by atoms with Crippen molar-refractivity contribution in [3.05, 3.63) is 40.1 Å². The molecule has 1 aromatic carbocycles. The number of halogens is 1. The van der Waals surface area contributed by atoms with Crippen LogP contribution >= 0.6 is 15.9 Å². The van der Waals surface area contributed by atoms with Crippen LogP contribution in [0.1, 0.15) is 18.3 Å². The Labute approximate surface area is 121 Å². The average molecular weight is 324 g/mol. The van der Waals surface area contributed by atoms with Gasteiger partial charge in [-0.2, -0.15) is 5.10 Å². The van der Waals surface area contributed by atoms with Gasteiger partial charge in [-0.1, -0.05) is 19.1 Å². The Morgan fingerprint density at radius 1 is 1.37 bits per heavy atom. The molecular weight excluding hydrogens is 306 g/mol. The van der Waals surface area contributed by atoms with Crippen molar-refractivity contribution < 1.29 is 4.74 Å². The largest absolute Gasteiger partial charge is 0.495 e. The summed E-state index contributed by atoms with van der Waals surface area (Å²) >= 11 is 3.62. The standard InChI is InChI=1S/C14H18BrN3O/c1-4-10-14(15)12(18(2)17-10)9-16-11-7-5-6-8-13(11)19-3/h5-8,16H,4,9H2,1-3H3. The number of aryl methyl sites for hydroxylation is 2. The highest BCUT2D eigenvalue weighted by molar-refractivity contribution is 9.10. The van der Waals surface area contributed by atoms with Gasteiger partial charge in [0.25, 0.3) is 0 Å². The second kappa shape index (κ2) is 6.10. The van der Waals surface area contributed by atoms with E-state index in [4.69, 9.17) is 4.74 Å². The quantitative estimate of drug-likeness (QED) is 0.917. The van der Waals surface area contributed by atoms with Crippen LogP contribution in [0.3, 0.4) is 0 Å². The van der Waals surface area contributed by atoms with E-state index in [1.807, 2.05) is 36.0 Å². The third-order valence-corrected chi connectivity index (χ3v) is 3.97. The first kappa shape index (κ1) is 13.9. The molecular formula is C14H18BrN3O. The fourth-order valence-electron chi connectivity index (χ4n) is 1.98. The van der Waals surface area contributed by atoms with E-state index in [1.165, 1.54) is 0 Å². The molecule has 4 nitrogen and oxygen atoms in total. The maximum Gasteiger partial charge on any atom is 0.141 e. The first-order chi connectivity index (χ1) is 9.17. The molecule has 0 aliphatic carbocycles. The van der Waals surface area contributed by atoms with Crippen LogP contribution in [0.15, 0.2) is 28.7 Å².